The molecule has 0 aromatic carbocycles. The lowest BCUT2D eigenvalue weighted by Crippen LogP contribution is -2.15. The fraction of sp³-hybridized carbons (Fsp3) is 0.923. The summed E-state index contributed by atoms with van der Waals surface area (Å²) in [6.45, 7) is 10.8. The second-order valence-corrected chi connectivity index (χ2v) is 6.79. The first-order valence-corrected chi connectivity index (χ1v) is 7.69. The summed E-state index contributed by atoms with van der Waals surface area (Å²) in [5.41, 5.74) is 0.360. The van der Waals surface area contributed by atoms with Gasteiger partial charge in [0.2, 0.25) is 0 Å². The smallest absolute Gasteiger partial charge is 0.110 e. The molecule has 0 saturated heterocycles. The largest absolute Gasteiger partial charge is 0.630 e. The normalized spacial score (nSPS) is 15.4. The maximum atomic E-state index is 12.2. The van der Waals surface area contributed by atoms with Crippen molar-refractivity contribution in [2.24, 2.45) is 5.92 Å². The fourth-order valence-corrected chi connectivity index (χ4v) is 3.44. The highest BCUT2D eigenvalue weighted by Gasteiger charge is 2.18. The number of rotatable bonds is 7. The molecule has 0 aliphatic carbocycles. The van der Waals surface area contributed by atoms with Gasteiger partial charge in [0.05, 0.1) is 13.1 Å². The second kappa shape index (κ2) is 8.30. The van der Waals surface area contributed by atoms with E-state index in [0.717, 1.165) is 12.8 Å². The van der Waals surface area contributed by atoms with E-state index in [-0.39, 0.29) is 0 Å². The van der Waals surface area contributed by atoms with Crippen molar-refractivity contribution in [3.05, 3.63) is 0 Å². The zero-order valence-corrected chi connectivity index (χ0v) is 11.9. The standard InChI is InChI=1S/C13H27OP/c1-6-8-9-10-13(11(3)4)15(14)12(5)7-2/h11-12H,6-10H2,1-5H3. The van der Waals surface area contributed by atoms with Gasteiger partial charge in [0.1, 0.15) is 5.66 Å². The molecule has 90 valence electrons. The van der Waals surface area contributed by atoms with Crippen molar-refractivity contribution in [2.45, 2.75) is 72.4 Å². The molecule has 0 rings (SSSR count). The van der Waals surface area contributed by atoms with Crippen LogP contribution in [0.5, 0.6) is 0 Å². The van der Waals surface area contributed by atoms with Gasteiger partial charge in [-0.1, -0.05) is 40.5 Å². The first kappa shape index (κ1) is 15.1. The third kappa shape index (κ3) is 5.68. The zero-order chi connectivity index (χ0) is 11.8. The molecule has 0 heterocycles. The molecule has 1 nitrogen and oxygen atoms in total. The molecule has 2 atom stereocenters. The summed E-state index contributed by atoms with van der Waals surface area (Å²) in [5.74, 6) is 0.486. The Morgan fingerprint density at radius 2 is 1.73 bits per heavy atom. The fourth-order valence-electron chi connectivity index (χ4n) is 1.66. The van der Waals surface area contributed by atoms with E-state index in [1.165, 1.54) is 24.6 Å². The quantitative estimate of drug-likeness (QED) is 0.479. The minimum atomic E-state index is -1.09. The van der Waals surface area contributed by atoms with Crippen molar-refractivity contribution in [1.82, 2.24) is 0 Å². The van der Waals surface area contributed by atoms with Crippen LogP contribution in [0, 0.1) is 5.92 Å². The molecule has 0 N–H and O–H groups in total. The van der Waals surface area contributed by atoms with Gasteiger partial charge in [-0.2, -0.15) is 0 Å². The molecule has 2 heteroatoms. The Labute approximate surface area is 96.8 Å². The van der Waals surface area contributed by atoms with Crippen molar-refractivity contribution in [3.63, 3.8) is 0 Å². The lowest BCUT2D eigenvalue weighted by atomic mass is 10.0. The molecule has 0 amide bonds. The van der Waals surface area contributed by atoms with Crippen LogP contribution in [0.3, 0.4) is 0 Å². The van der Waals surface area contributed by atoms with Crippen molar-refractivity contribution in [1.29, 1.82) is 0 Å². The predicted octanol–water partition coefficient (Wildman–Crippen LogP) is 3.95. The lowest BCUT2D eigenvalue weighted by Gasteiger charge is -2.14. The SMILES string of the molecule is CCCCC/C(C(C)C)=[P+](/[O-])C(C)CC. The Morgan fingerprint density at radius 1 is 1.13 bits per heavy atom. The number of hydrogen-bond acceptors (Lipinski definition) is 1. The molecular formula is C13H27OP. The molecule has 0 aromatic rings. The Morgan fingerprint density at radius 3 is 2.13 bits per heavy atom. The van der Waals surface area contributed by atoms with E-state index in [1.807, 2.05) is 0 Å². The Bertz CT molecular complexity index is 197. The summed E-state index contributed by atoms with van der Waals surface area (Å²) >= 11 is 0. The summed E-state index contributed by atoms with van der Waals surface area (Å²) < 4.78 is 0. The molecular weight excluding hydrogens is 203 g/mol. The first-order valence-electron chi connectivity index (χ1n) is 6.36. The van der Waals surface area contributed by atoms with Crippen molar-refractivity contribution < 1.29 is 4.89 Å². The van der Waals surface area contributed by atoms with Gasteiger partial charge in [0.15, 0.2) is 0 Å². The monoisotopic (exact) mass is 230 g/mol. The minimum Gasteiger partial charge on any atom is -0.630 e. The van der Waals surface area contributed by atoms with E-state index in [9.17, 15) is 4.89 Å². The number of hydrogen-bond donors (Lipinski definition) is 0. The van der Waals surface area contributed by atoms with E-state index in [4.69, 9.17) is 0 Å². The van der Waals surface area contributed by atoms with Crippen LogP contribution in [0.15, 0.2) is 0 Å². The third-order valence-corrected chi connectivity index (χ3v) is 5.45. The molecule has 15 heavy (non-hydrogen) atoms. The van der Waals surface area contributed by atoms with E-state index in [1.54, 1.807) is 0 Å². The van der Waals surface area contributed by atoms with Crippen molar-refractivity contribution >= 4 is 13.1 Å². The minimum absolute atomic E-state index is 0.360. The first-order chi connectivity index (χ1) is 7.04. The highest BCUT2D eigenvalue weighted by Crippen LogP contribution is 2.29. The van der Waals surface area contributed by atoms with Gasteiger partial charge in [-0.05, 0) is 19.8 Å². The molecule has 0 saturated carbocycles. The molecule has 0 spiro atoms. The topological polar surface area (TPSA) is 23.1 Å². The van der Waals surface area contributed by atoms with E-state index >= 15 is 0 Å². The van der Waals surface area contributed by atoms with Gasteiger partial charge in [-0.25, -0.2) is 0 Å². The molecule has 0 radical (unpaired) electrons. The zero-order valence-electron chi connectivity index (χ0n) is 11.0. The van der Waals surface area contributed by atoms with Gasteiger partial charge in [-0.3, -0.25) is 0 Å². The summed E-state index contributed by atoms with van der Waals surface area (Å²) in [6, 6.07) is 0. The van der Waals surface area contributed by atoms with Crippen molar-refractivity contribution in [3.8, 4) is 0 Å². The number of unbranched alkanes of at least 4 members (excludes halogenated alkanes) is 2. The highest BCUT2D eigenvalue weighted by atomic mass is 31.1. The molecule has 0 aliphatic heterocycles. The molecule has 0 fully saturated rings. The van der Waals surface area contributed by atoms with E-state index in [2.05, 4.69) is 34.6 Å². The van der Waals surface area contributed by atoms with E-state index in [0.29, 0.717) is 11.6 Å². The van der Waals surface area contributed by atoms with Crippen molar-refractivity contribution in [2.75, 3.05) is 0 Å². The van der Waals surface area contributed by atoms with Crippen LogP contribution in [0.1, 0.15) is 66.7 Å². The van der Waals surface area contributed by atoms with Crippen LogP contribution in [0.2, 0.25) is 0 Å². The van der Waals surface area contributed by atoms with Crippen LogP contribution in [-0.2, 0) is 0 Å². The second-order valence-electron chi connectivity index (χ2n) is 4.69. The van der Waals surface area contributed by atoms with Gasteiger partial charge >= 0.3 is 0 Å². The van der Waals surface area contributed by atoms with Gasteiger partial charge in [-0.15, -0.1) is 0 Å². The molecule has 0 aliphatic rings. The van der Waals surface area contributed by atoms with Crippen LogP contribution in [0.25, 0.3) is 0 Å². The van der Waals surface area contributed by atoms with Crippen LogP contribution >= 0.6 is 7.77 Å². The maximum absolute atomic E-state index is 12.2. The molecule has 2 unspecified atom stereocenters. The van der Waals surface area contributed by atoms with Gasteiger partial charge in [0.25, 0.3) is 0 Å². The predicted molar refractivity (Wildman–Crippen MR) is 70.7 cm³/mol. The average molecular weight is 230 g/mol. The maximum Gasteiger partial charge on any atom is 0.110 e. The van der Waals surface area contributed by atoms with E-state index < -0.39 is 7.77 Å². The highest BCUT2D eigenvalue weighted by molar-refractivity contribution is 7.52. The van der Waals surface area contributed by atoms with Gasteiger partial charge < -0.3 is 4.89 Å². The Balaban J connectivity index is 4.48. The summed E-state index contributed by atoms with van der Waals surface area (Å²) in [6.07, 6.45) is 5.82. The molecule has 0 bridgehead atoms. The Kier molecular flexibility index (Phi) is 8.37. The summed E-state index contributed by atoms with van der Waals surface area (Å²) in [5, 5.41) is 1.31. The Hall–Kier alpha value is 0.130. The average Bonchev–Trinajstić information content (AvgIpc) is 2.22. The van der Waals surface area contributed by atoms with Crippen LogP contribution < -0.4 is 4.89 Å². The van der Waals surface area contributed by atoms with Crippen LogP contribution in [0.4, 0.5) is 0 Å². The third-order valence-electron chi connectivity index (χ3n) is 2.98. The van der Waals surface area contributed by atoms with Gasteiger partial charge in [0, 0.05) is 12.3 Å². The van der Waals surface area contributed by atoms with Crippen LogP contribution in [-0.4, -0.2) is 11.0 Å². The lowest BCUT2D eigenvalue weighted by molar-refractivity contribution is -0.154. The summed E-state index contributed by atoms with van der Waals surface area (Å²) in [4.78, 5) is 12.2. The molecule has 0 aromatic heterocycles. The summed E-state index contributed by atoms with van der Waals surface area (Å²) in [7, 11) is -1.09.